The predicted molar refractivity (Wildman–Crippen MR) is 70.0 cm³/mol. The highest BCUT2D eigenvalue weighted by molar-refractivity contribution is 14.1. The lowest BCUT2D eigenvalue weighted by molar-refractivity contribution is 0.101. The van der Waals surface area contributed by atoms with Crippen molar-refractivity contribution in [3.63, 3.8) is 0 Å². The van der Waals surface area contributed by atoms with Crippen LogP contribution in [0.25, 0.3) is 0 Å². The van der Waals surface area contributed by atoms with E-state index in [1.54, 1.807) is 46.9 Å². The summed E-state index contributed by atoms with van der Waals surface area (Å²) in [6.45, 7) is 0. The Kier molecular flexibility index (Phi) is 4.31. The molecule has 0 spiro atoms. The Bertz CT molecular complexity index is 478. The van der Waals surface area contributed by atoms with E-state index in [9.17, 15) is 13.2 Å². The first-order valence-electron chi connectivity index (χ1n) is 4.37. The lowest BCUT2D eigenvalue weighted by Gasteiger charge is -2.07. The summed E-state index contributed by atoms with van der Waals surface area (Å²) in [7, 11) is -1.84. The summed E-state index contributed by atoms with van der Waals surface area (Å²) < 4.78 is 26.3. The van der Waals surface area contributed by atoms with Crippen molar-refractivity contribution in [3.05, 3.63) is 29.8 Å². The van der Waals surface area contributed by atoms with E-state index < -0.39 is 18.9 Å². The first kappa shape index (κ1) is 13.4. The molecule has 1 atom stereocenters. The summed E-state index contributed by atoms with van der Waals surface area (Å²) in [5.74, 6) is 0.215. The highest BCUT2D eigenvalue weighted by Crippen LogP contribution is 2.18. The van der Waals surface area contributed by atoms with Gasteiger partial charge in [-0.25, -0.2) is 8.42 Å². The van der Waals surface area contributed by atoms with Crippen molar-refractivity contribution in [2.24, 2.45) is 0 Å². The standard InChI is InChI=1S/C10H11IO4S/c1-15-8-5-3-7(4-6-8)9(12)10(11)16(2,13)14/h3-6,10H,1-2H3. The van der Waals surface area contributed by atoms with Crippen molar-refractivity contribution in [2.45, 2.75) is 3.26 Å². The second-order valence-corrected chi connectivity index (χ2v) is 7.46. The van der Waals surface area contributed by atoms with Crippen molar-refractivity contribution >= 4 is 38.2 Å². The van der Waals surface area contributed by atoms with Gasteiger partial charge in [0.2, 0.25) is 0 Å². The second kappa shape index (κ2) is 5.13. The number of ketones is 1. The Morgan fingerprint density at radius 2 is 1.81 bits per heavy atom. The molecule has 16 heavy (non-hydrogen) atoms. The molecule has 4 nitrogen and oxygen atoms in total. The summed E-state index contributed by atoms with van der Waals surface area (Å²) in [5.41, 5.74) is 0.366. The fraction of sp³-hybridized carbons (Fsp3) is 0.300. The SMILES string of the molecule is COc1ccc(C(=O)C(I)S(C)(=O)=O)cc1. The van der Waals surface area contributed by atoms with Crippen LogP contribution in [-0.2, 0) is 9.84 Å². The van der Waals surface area contributed by atoms with E-state index in [2.05, 4.69) is 0 Å². The Labute approximate surface area is 108 Å². The molecule has 0 aliphatic carbocycles. The summed E-state index contributed by atoms with van der Waals surface area (Å²) in [5, 5.41) is 0. The highest BCUT2D eigenvalue weighted by Gasteiger charge is 2.26. The summed E-state index contributed by atoms with van der Waals surface area (Å²) in [6, 6.07) is 6.35. The summed E-state index contributed by atoms with van der Waals surface area (Å²) in [4.78, 5) is 11.8. The maximum absolute atomic E-state index is 11.8. The number of halogens is 1. The van der Waals surface area contributed by atoms with E-state index in [0.29, 0.717) is 11.3 Å². The smallest absolute Gasteiger partial charge is 0.190 e. The zero-order chi connectivity index (χ0) is 12.3. The molecule has 0 fully saturated rings. The monoisotopic (exact) mass is 354 g/mol. The molecule has 0 aromatic heterocycles. The predicted octanol–water partition coefficient (Wildman–Crippen LogP) is 1.68. The number of Topliss-reactive ketones (excluding diaryl/α,β-unsaturated/α-hetero) is 1. The molecular weight excluding hydrogens is 343 g/mol. The van der Waals surface area contributed by atoms with Crippen molar-refractivity contribution in [3.8, 4) is 5.75 Å². The lowest BCUT2D eigenvalue weighted by atomic mass is 10.1. The number of hydrogen-bond acceptors (Lipinski definition) is 4. The zero-order valence-corrected chi connectivity index (χ0v) is 11.8. The molecule has 0 bridgehead atoms. The van der Waals surface area contributed by atoms with Gasteiger partial charge in [-0.1, -0.05) is 22.6 Å². The number of alkyl halides is 1. The molecule has 1 aromatic rings. The molecule has 1 unspecified atom stereocenters. The largest absolute Gasteiger partial charge is 0.497 e. The third kappa shape index (κ3) is 3.18. The molecule has 0 aliphatic rings. The highest BCUT2D eigenvalue weighted by atomic mass is 127. The van der Waals surface area contributed by atoms with Gasteiger partial charge in [0, 0.05) is 11.8 Å². The van der Waals surface area contributed by atoms with Crippen LogP contribution in [-0.4, -0.2) is 30.8 Å². The molecule has 1 aromatic carbocycles. The molecule has 1 rings (SSSR count). The molecular formula is C10H11IO4S. The minimum Gasteiger partial charge on any atom is -0.497 e. The van der Waals surface area contributed by atoms with Crippen LogP contribution in [0, 0.1) is 0 Å². The molecule has 0 saturated heterocycles. The minimum absolute atomic E-state index is 0.366. The van der Waals surface area contributed by atoms with Gasteiger partial charge in [-0.05, 0) is 24.3 Å². The summed E-state index contributed by atoms with van der Waals surface area (Å²) in [6.07, 6.45) is 1.05. The van der Waals surface area contributed by atoms with E-state index in [0.717, 1.165) is 6.26 Å². The van der Waals surface area contributed by atoms with Gasteiger partial charge >= 0.3 is 0 Å². The molecule has 0 saturated carbocycles. The molecule has 0 N–H and O–H groups in total. The average molecular weight is 354 g/mol. The van der Waals surface area contributed by atoms with Crippen LogP contribution in [0.5, 0.6) is 5.75 Å². The van der Waals surface area contributed by atoms with Crippen LogP contribution in [0.15, 0.2) is 24.3 Å². The number of rotatable bonds is 4. The second-order valence-electron chi connectivity index (χ2n) is 3.24. The molecule has 6 heteroatoms. The van der Waals surface area contributed by atoms with Crippen LogP contribution >= 0.6 is 22.6 Å². The number of methoxy groups -OCH3 is 1. The summed E-state index contributed by atoms with van der Waals surface area (Å²) >= 11 is 1.63. The molecule has 0 radical (unpaired) electrons. The van der Waals surface area contributed by atoms with Crippen LogP contribution in [0.4, 0.5) is 0 Å². The lowest BCUT2D eigenvalue weighted by Crippen LogP contribution is -2.23. The first-order valence-corrected chi connectivity index (χ1v) is 7.57. The van der Waals surface area contributed by atoms with E-state index in [1.807, 2.05) is 0 Å². The third-order valence-electron chi connectivity index (χ3n) is 1.96. The Morgan fingerprint density at radius 3 is 2.19 bits per heavy atom. The normalized spacial score (nSPS) is 13.2. The van der Waals surface area contributed by atoms with E-state index >= 15 is 0 Å². The number of benzene rings is 1. The van der Waals surface area contributed by atoms with E-state index in [4.69, 9.17) is 4.74 Å². The topological polar surface area (TPSA) is 60.4 Å². The van der Waals surface area contributed by atoms with Crippen molar-refractivity contribution in [1.82, 2.24) is 0 Å². The fourth-order valence-electron chi connectivity index (χ4n) is 1.08. The number of carbonyl (C=O) groups is 1. The van der Waals surface area contributed by atoms with Crippen LogP contribution in [0.1, 0.15) is 10.4 Å². The molecule has 88 valence electrons. The van der Waals surface area contributed by atoms with Crippen LogP contribution in [0.3, 0.4) is 0 Å². The van der Waals surface area contributed by atoms with Gasteiger partial charge in [-0.15, -0.1) is 0 Å². The number of sulfone groups is 1. The van der Waals surface area contributed by atoms with Crippen LogP contribution < -0.4 is 4.74 Å². The zero-order valence-electron chi connectivity index (χ0n) is 8.81. The molecule has 0 amide bonds. The van der Waals surface area contributed by atoms with Crippen molar-refractivity contribution < 1.29 is 17.9 Å². The maximum atomic E-state index is 11.8. The van der Waals surface area contributed by atoms with Crippen molar-refractivity contribution in [2.75, 3.05) is 13.4 Å². The number of ether oxygens (including phenoxy) is 1. The van der Waals surface area contributed by atoms with Gasteiger partial charge in [0.1, 0.15) is 5.75 Å². The Hall–Kier alpha value is -0.630. The fourth-order valence-corrected chi connectivity index (χ4v) is 1.97. The molecule has 0 heterocycles. The van der Waals surface area contributed by atoms with Gasteiger partial charge in [0.25, 0.3) is 0 Å². The van der Waals surface area contributed by atoms with Gasteiger partial charge in [-0.2, -0.15) is 0 Å². The van der Waals surface area contributed by atoms with E-state index in [-0.39, 0.29) is 0 Å². The number of hydrogen-bond donors (Lipinski definition) is 0. The first-order chi connectivity index (χ1) is 7.36. The van der Waals surface area contributed by atoms with Gasteiger partial charge in [0.05, 0.1) is 7.11 Å². The van der Waals surface area contributed by atoms with Gasteiger partial charge in [-0.3, -0.25) is 4.79 Å². The van der Waals surface area contributed by atoms with Gasteiger partial charge in [0.15, 0.2) is 18.9 Å². The van der Waals surface area contributed by atoms with Crippen LogP contribution in [0.2, 0.25) is 0 Å². The number of carbonyl (C=O) groups excluding carboxylic acids is 1. The Morgan fingerprint density at radius 1 is 1.31 bits per heavy atom. The molecule has 0 aliphatic heterocycles. The minimum atomic E-state index is -3.36. The third-order valence-corrected chi connectivity index (χ3v) is 6.26. The van der Waals surface area contributed by atoms with E-state index in [1.165, 1.54) is 7.11 Å². The quantitative estimate of drug-likeness (QED) is 0.469. The van der Waals surface area contributed by atoms with Gasteiger partial charge < -0.3 is 4.74 Å². The van der Waals surface area contributed by atoms with Crippen molar-refractivity contribution in [1.29, 1.82) is 0 Å². The Balaban J connectivity index is 2.97. The average Bonchev–Trinajstić information content (AvgIpc) is 2.26. The maximum Gasteiger partial charge on any atom is 0.190 e.